The Labute approximate surface area is 108 Å². The quantitative estimate of drug-likeness (QED) is 0.878. The number of primary amides is 1. The van der Waals surface area contributed by atoms with Crippen LogP contribution in [0.3, 0.4) is 0 Å². The molecule has 0 bridgehead atoms. The van der Waals surface area contributed by atoms with Crippen LogP contribution in [-0.2, 0) is 0 Å². The van der Waals surface area contributed by atoms with Crippen LogP contribution in [0.25, 0.3) is 5.69 Å². The molecule has 6 heteroatoms. The maximum atomic E-state index is 12.9. The van der Waals surface area contributed by atoms with E-state index in [0.717, 1.165) is 4.68 Å². The number of rotatable bonds is 2. The standard InChI is InChI=1S/C13H12FN3O2/c1-7-8(2)16-17(13(19)11(7)12(15)18)10-5-3-9(14)4-6-10/h3-6H,1-2H3,(H2,15,18). The van der Waals surface area contributed by atoms with E-state index < -0.39 is 17.3 Å². The average Bonchev–Trinajstić information content (AvgIpc) is 2.35. The molecule has 0 aliphatic rings. The largest absolute Gasteiger partial charge is 0.365 e. The van der Waals surface area contributed by atoms with Crippen molar-refractivity contribution < 1.29 is 9.18 Å². The van der Waals surface area contributed by atoms with Crippen LogP contribution in [0.15, 0.2) is 29.1 Å². The second-order valence-corrected chi connectivity index (χ2v) is 4.14. The number of carbonyl (C=O) groups excluding carboxylic acids is 1. The van der Waals surface area contributed by atoms with Crippen molar-refractivity contribution in [3.05, 3.63) is 57.3 Å². The lowest BCUT2D eigenvalue weighted by Crippen LogP contribution is -2.32. The Bertz CT molecular complexity index is 705. The molecule has 1 heterocycles. The topological polar surface area (TPSA) is 78.0 Å². The first-order valence-corrected chi connectivity index (χ1v) is 5.58. The highest BCUT2D eigenvalue weighted by Gasteiger charge is 2.17. The number of benzene rings is 1. The van der Waals surface area contributed by atoms with E-state index in [1.807, 2.05) is 0 Å². The van der Waals surface area contributed by atoms with E-state index in [-0.39, 0.29) is 5.56 Å². The Balaban J connectivity index is 2.75. The van der Waals surface area contributed by atoms with Crippen LogP contribution in [-0.4, -0.2) is 15.7 Å². The van der Waals surface area contributed by atoms with Crippen LogP contribution >= 0.6 is 0 Å². The van der Waals surface area contributed by atoms with Crippen LogP contribution in [0.5, 0.6) is 0 Å². The molecule has 0 atom stereocenters. The molecule has 2 N–H and O–H groups in total. The molecule has 5 nitrogen and oxygen atoms in total. The third-order valence-corrected chi connectivity index (χ3v) is 2.89. The number of amides is 1. The number of nitrogens with zero attached hydrogens (tertiary/aromatic N) is 2. The first-order valence-electron chi connectivity index (χ1n) is 5.58. The second-order valence-electron chi connectivity index (χ2n) is 4.14. The SMILES string of the molecule is Cc1nn(-c2ccc(F)cc2)c(=O)c(C(N)=O)c1C. The average molecular weight is 261 g/mol. The predicted molar refractivity (Wildman–Crippen MR) is 67.8 cm³/mol. The Morgan fingerprint density at radius 3 is 2.37 bits per heavy atom. The number of nitrogens with two attached hydrogens (primary N) is 1. The number of carbonyl (C=O) groups is 1. The molecule has 0 radical (unpaired) electrons. The molecule has 1 aromatic heterocycles. The van der Waals surface area contributed by atoms with Gasteiger partial charge in [-0.05, 0) is 43.7 Å². The van der Waals surface area contributed by atoms with E-state index in [1.54, 1.807) is 13.8 Å². The second kappa shape index (κ2) is 4.64. The Morgan fingerprint density at radius 2 is 1.84 bits per heavy atom. The van der Waals surface area contributed by atoms with E-state index in [2.05, 4.69) is 5.10 Å². The zero-order valence-electron chi connectivity index (χ0n) is 10.5. The normalized spacial score (nSPS) is 10.5. The molecular formula is C13H12FN3O2. The third kappa shape index (κ3) is 2.24. The van der Waals surface area contributed by atoms with E-state index in [9.17, 15) is 14.0 Å². The fraction of sp³-hybridized carbons (Fsp3) is 0.154. The molecular weight excluding hydrogens is 249 g/mol. The molecule has 1 aromatic carbocycles. The van der Waals surface area contributed by atoms with Crippen molar-refractivity contribution in [2.75, 3.05) is 0 Å². The maximum absolute atomic E-state index is 12.9. The summed E-state index contributed by atoms with van der Waals surface area (Å²) in [5.74, 6) is -1.22. The monoisotopic (exact) mass is 261 g/mol. The summed E-state index contributed by atoms with van der Waals surface area (Å²) in [6.07, 6.45) is 0. The Kier molecular flexibility index (Phi) is 3.16. The smallest absolute Gasteiger partial charge is 0.284 e. The summed E-state index contributed by atoms with van der Waals surface area (Å²) in [7, 11) is 0. The number of hydrogen-bond acceptors (Lipinski definition) is 3. The minimum Gasteiger partial charge on any atom is -0.365 e. The highest BCUT2D eigenvalue weighted by Crippen LogP contribution is 2.10. The summed E-state index contributed by atoms with van der Waals surface area (Å²) in [5, 5.41) is 4.09. The summed E-state index contributed by atoms with van der Waals surface area (Å²) >= 11 is 0. The van der Waals surface area contributed by atoms with Crippen molar-refractivity contribution in [1.82, 2.24) is 9.78 Å². The summed E-state index contributed by atoms with van der Waals surface area (Å²) in [4.78, 5) is 23.5. The molecule has 0 saturated carbocycles. The molecule has 98 valence electrons. The summed E-state index contributed by atoms with van der Waals surface area (Å²) < 4.78 is 13.9. The molecule has 2 rings (SSSR count). The van der Waals surface area contributed by atoms with Gasteiger partial charge in [-0.1, -0.05) is 0 Å². The summed E-state index contributed by atoms with van der Waals surface area (Å²) in [5.41, 5.74) is 5.84. The molecule has 2 aromatic rings. The van der Waals surface area contributed by atoms with Gasteiger partial charge in [0.05, 0.1) is 11.4 Å². The van der Waals surface area contributed by atoms with E-state index in [1.165, 1.54) is 24.3 Å². The van der Waals surface area contributed by atoms with Gasteiger partial charge in [-0.3, -0.25) is 9.59 Å². The van der Waals surface area contributed by atoms with Crippen molar-refractivity contribution in [3.8, 4) is 5.69 Å². The van der Waals surface area contributed by atoms with Gasteiger partial charge in [-0.25, -0.2) is 4.39 Å². The Morgan fingerprint density at radius 1 is 1.26 bits per heavy atom. The van der Waals surface area contributed by atoms with Crippen LogP contribution in [0.4, 0.5) is 4.39 Å². The lowest BCUT2D eigenvalue weighted by molar-refractivity contribution is 0.0997. The maximum Gasteiger partial charge on any atom is 0.284 e. The number of halogens is 1. The fourth-order valence-electron chi connectivity index (χ4n) is 1.77. The van der Waals surface area contributed by atoms with Crippen LogP contribution in [0.2, 0.25) is 0 Å². The van der Waals surface area contributed by atoms with Crippen LogP contribution < -0.4 is 11.3 Å². The van der Waals surface area contributed by atoms with Crippen molar-refractivity contribution in [3.63, 3.8) is 0 Å². The van der Waals surface area contributed by atoms with Crippen molar-refractivity contribution in [2.45, 2.75) is 13.8 Å². The number of hydrogen-bond donors (Lipinski definition) is 1. The van der Waals surface area contributed by atoms with Gasteiger partial charge in [0, 0.05) is 0 Å². The number of aryl methyl sites for hydroxylation is 1. The van der Waals surface area contributed by atoms with E-state index in [0.29, 0.717) is 16.9 Å². The van der Waals surface area contributed by atoms with Gasteiger partial charge in [0.2, 0.25) is 0 Å². The van der Waals surface area contributed by atoms with Crippen LogP contribution in [0.1, 0.15) is 21.6 Å². The van der Waals surface area contributed by atoms with Crippen molar-refractivity contribution in [1.29, 1.82) is 0 Å². The molecule has 0 fully saturated rings. The molecule has 0 saturated heterocycles. The van der Waals surface area contributed by atoms with Gasteiger partial charge in [-0.15, -0.1) is 0 Å². The van der Waals surface area contributed by atoms with Gasteiger partial charge >= 0.3 is 0 Å². The third-order valence-electron chi connectivity index (χ3n) is 2.89. The highest BCUT2D eigenvalue weighted by molar-refractivity contribution is 5.94. The van der Waals surface area contributed by atoms with Gasteiger partial charge in [0.1, 0.15) is 11.4 Å². The minimum atomic E-state index is -0.802. The first-order chi connectivity index (χ1) is 8.91. The molecule has 19 heavy (non-hydrogen) atoms. The minimum absolute atomic E-state index is 0.100. The van der Waals surface area contributed by atoms with Gasteiger partial charge in [-0.2, -0.15) is 9.78 Å². The van der Waals surface area contributed by atoms with Gasteiger partial charge < -0.3 is 5.73 Å². The summed E-state index contributed by atoms with van der Waals surface area (Å²) in [6.45, 7) is 3.28. The fourth-order valence-corrected chi connectivity index (χ4v) is 1.77. The highest BCUT2D eigenvalue weighted by atomic mass is 19.1. The summed E-state index contributed by atoms with van der Waals surface area (Å²) in [6, 6.07) is 5.23. The molecule has 0 spiro atoms. The molecule has 1 amide bonds. The zero-order chi connectivity index (χ0) is 14.2. The lowest BCUT2D eigenvalue weighted by Gasteiger charge is -2.10. The van der Waals surface area contributed by atoms with E-state index in [4.69, 9.17) is 5.73 Å². The van der Waals surface area contributed by atoms with E-state index >= 15 is 0 Å². The molecule has 0 unspecified atom stereocenters. The van der Waals surface area contributed by atoms with Crippen molar-refractivity contribution >= 4 is 5.91 Å². The molecule has 0 aliphatic heterocycles. The molecule has 0 aliphatic carbocycles. The lowest BCUT2D eigenvalue weighted by atomic mass is 10.1. The van der Waals surface area contributed by atoms with Crippen LogP contribution in [0, 0.1) is 19.7 Å². The Hall–Kier alpha value is -2.50. The predicted octanol–water partition coefficient (Wildman–Crippen LogP) is 1.09. The number of aromatic nitrogens is 2. The zero-order valence-corrected chi connectivity index (χ0v) is 10.5. The van der Waals surface area contributed by atoms with Gasteiger partial charge in [0.15, 0.2) is 0 Å². The first kappa shape index (κ1) is 12.9. The van der Waals surface area contributed by atoms with Gasteiger partial charge in [0.25, 0.3) is 11.5 Å². The van der Waals surface area contributed by atoms with Crippen molar-refractivity contribution in [2.24, 2.45) is 5.73 Å².